The molecular formula is C31H31ClN6O2S. The van der Waals surface area contributed by atoms with E-state index in [9.17, 15) is 9.59 Å². The fraction of sp³-hybridized carbons (Fsp3) is 0.161. The van der Waals surface area contributed by atoms with Crippen molar-refractivity contribution in [3.63, 3.8) is 0 Å². The molecule has 0 radical (unpaired) electrons. The van der Waals surface area contributed by atoms with E-state index in [1.165, 1.54) is 18.1 Å². The summed E-state index contributed by atoms with van der Waals surface area (Å²) in [5.74, 6) is -0.646. The zero-order chi connectivity index (χ0) is 29.5. The lowest BCUT2D eigenvalue weighted by Crippen LogP contribution is -2.22. The number of nitrogens with two attached hydrogens (primary N) is 2. The van der Waals surface area contributed by atoms with Crippen molar-refractivity contribution < 1.29 is 4.79 Å². The van der Waals surface area contributed by atoms with Gasteiger partial charge < -0.3 is 11.5 Å². The molecule has 8 nitrogen and oxygen atoms in total. The fourth-order valence-electron chi connectivity index (χ4n) is 4.12. The highest BCUT2D eigenvalue weighted by atomic mass is 35.5. The van der Waals surface area contributed by atoms with Crippen LogP contribution in [0.3, 0.4) is 0 Å². The summed E-state index contributed by atoms with van der Waals surface area (Å²) < 4.78 is 5.01. The van der Waals surface area contributed by atoms with Crippen molar-refractivity contribution in [2.24, 2.45) is 5.73 Å². The van der Waals surface area contributed by atoms with Crippen molar-refractivity contribution >= 4 is 46.0 Å². The lowest BCUT2D eigenvalue weighted by Gasteiger charge is -2.14. The number of primary amides is 1. The van der Waals surface area contributed by atoms with Gasteiger partial charge >= 0.3 is 0 Å². The number of nitrogens with one attached hydrogen (secondary N) is 1. The van der Waals surface area contributed by atoms with E-state index in [1.807, 2.05) is 79.7 Å². The summed E-state index contributed by atoms with van der Waals surface area (Å²) in [6.45, 7) is 6.19. The number of nitrogen functional groups attached to an aromatic ring is 1. The topological polar surface area (TPSA) is 129 Å². The zero-order valence-electron chi connectivity index (χ0n) is 23.0. The van der Waals surface area contributed by atoms with Crippen LogP contribution in [0.4, 0.5) is 5.82 Å². The predicted octanol–water partition coefficient (Wildman–Crippen LogP) is 6.04. The minimum atomic E-state index is -0.686. The van der Waals surface area contributed by atoms with Gasteiger partial charge in [-0.25, -0.2) is 9.97 Å². The van der Waals surface area contributed by atoms with E-state index in [0.29, 0.717) is 22.1 Å². The summed E-state index contributed by atoms with van der Waals surface area (Å²) in [5.41, 5.74) is 14.0. The number of pyridine rings is 1. The number of aromatic nitrogens is 3. The van der Waals surface area contributed by atoms with E-state index in [-0.39, 0.29) is 17.1 Å². The molecular weight excluding hydrogens is 556 g/mol. The van der Waals surface area contributed by atoms with Gasteiger partial charge in [0.25, 0.3) is 11.5 Å². The number of fused-ring (bicyclic) bond motifs is 1. The molecule has 0 aliphatic rings. The van der Waals surface area contributed by atoms with Crippen molar-refractivity contribution in [3.8, 4) is 16.9 Å². The fourth-order valence-corrected chi connectivity index (χ4v) is 5.08. The molecule has 2 heterocycles. The average Bonchev–Trinajstić information content (AvgIpc) is 2.97. The number of benzene rings is 3. The van der Waals surface area contributed by atoms with Crippen molar-refractivity contribution in [3.05, 3.63) is 112 Å². The average molecular weight is 587 g/mol. The minimum absolute atomic E-state index is 0.00846. The largest absolute Gasteiger partial charge is 0.382 e. The SMILES string of the molecule is CC(C)NSc1cccc(-c2cnc(N)c(C(N)=O)n2)c1.CCc1cc2cccc(Cl)c2c(=O)n1-c1ccccc1. The van der Waals surface area contributed by atoms with Crippen LogP contribution in [-0.4, -0.2) is 26.5 Å². The quantitative estimate of drug-likeness (QED) is 0.198. The van der Waals surface area contributed by atoms with Crippen LogP contribution in [0.5, 0.6) is 0 Å². The van der Waals surface area contributed by atoms with E-state index >= 15 is 0 Å². The molecule has 0 spiro atoms. The third-order valence-electron chi connectivity index (χ3n) is 6.03. The van der Waals surface area contributed by atoms with E-state index in [0.717, 1.165) is 33.6 Å². The molecule has 0 atom stereocenters. The number of nitrogens with zero attached hydrogens (tertiary/aromatic N) is 3. The molecule has 5 rings (SSSR count). The van der Waals surface area contributed by atoms with Gasteiger partial charge in [-0.05, 0) is 74.0 Å². The summed E-state index contributed by atoms with van der Waals surface area (Å²) >= 11 is 7.74. The molecule has 0 saturated carbocycles. The van der Waals surface area contributed by atoms with Crippen molar-refractivity contribution in [2.75, 3.05) is 5.73 Å². The van der Waals surface area contributed by atoms with Gasteiger partial charge in [-0.2, -0.15) is 0 Å². The summed E-state index contributed by atoms with van der Waals surface area (Å²) in [5, 5.41) is 1.97. The van der Waals surface area contributed by atoms with Crippen LogP contribution < -0.4 is 21.7 Å². The standard InChI is InChI=1S/C17H14ClNO.C14H17N5OS/c1-2-13-11-12-7-6-10-15(18)16(12)17(20)19(13)14-8-4-3-5-9-14;1-8(2)19-21-10-5-3-4-9(6-10)11-7-17-13(15)12(18-11)14(16)20/h3-11H,2H2,1H3;3-8,19H,1-2H3,(H2,15,17)(H2,16,20). The first kappa shape index (κ1) is 29.8. The predicted molar refractivity (Wildman–Crippen MR) is 168 cm³/mol. The number of hydrogen-bond donors (Lipinski definition) is 3. The summed E-state index contributed by atoms with van der Waals surface area (Å²) in [6, 6.07) is 25.4. The summed E-state index contributed by atoms with van der Waals surface area (Å²) in [6.07, 6.45) is 2.31. The second-order valence-corrected chi connectivity index (χ2v) is 10.7. The van der Waals surface area contributed by atoms with Crippen LogP contribution in [0.15, 0.2) is 94.7 Å². The van der Waals surface area contributed by atoms with Gasteiger partial charge in [0.15, 0.2) is 11.5 Å². The molecule has 5 aromatic rings. The number of amides is 1. The Morgan fingerprint density at radius 2 is 1.78 bits per heavy atom. The molecule has 10 heteroatoms. The van der Waals surface area contributed by atoms with Gasteiger partial charge in [-0.3, -0.25) is 18.9 Å². The molecule has 0 aliphatic carbocycles. The van der Waals surface area contributed by atoms with Crippen molar-refractivity contribution in [1.82, 2.24) is 19.3 Å². The second kappa shape index (κ2) is 13.5. The van der Waals surface area contributed by atoms with Crippen LogP contribution in [0.2, 0.25) is 5.02 Å². The number of aryl methyl sites for hydroxylation is 1. The van der Waals surface area contributed by atoms with Gasteiger partial charge in [0.05, 0.1) is 22.3 Å². The monoisotopic (exact) mass is 586 g/mol. The van der Waals surface area contributed by atoms with Crippen molar-refractivity contribution in [2.45, 2.75) is 38.1 Å². The van der Waals surface area contributed by atoms with Crippen LogP contribution >= 0.6 is 23.5 Å². The number of hydrogen-bond acceptors (Lipinski definition) is 7. The molecule has 2 aromatic heterocycles. The molecule has 0 fully saturated rings. The molecule has 0 unspecified atom stereocenters. The maximum Gasteiger partial charge on any atom is 0.271 e. The molecule has 0 bridgehead atoms. The number of carbonyl (C=O) groups excluding carboxylic acids is 1. The van der Waals surface area contributed by atoms with Crippen molar-refractivity contribution in [1.29, 1.82) is 0 Å². The lowest BCUT2D eigenvalue weighted by atomic mass is 10.1. The Morgan fingerprint density at radius 3 is 2.46 bits per heavy atom. The van der Waals surface area contributed by atoms with Crippen LogP contribution in [-0.2, 0) is 6.42 Å². The Bertz CT molecular complexity index is 1740. The molecule has 0 saturated heterocycles. The zero-order valence-corrected chi connectivity index (χ0v) is 24.5. The van der Waals surface area contributed by atoms with E-state index in [2.05, 4.69) is 28.5 Å². The number of rotatable bonds is 7. The third kappa shape index (κ3) is 7.13. The number of carbonyl (C=O) groups is 1. The van der Waals surface area contributed by atoms with Gasteiger partial charge in [0, 0.05) is 27.9 Å². The first-order chi connectivity index (χ1) is 19.7. The summed E-state index contributed by atoms with van der Waals surface area (Å²) in [4.78, 5) is 33.3. The van der Waals surface area contributed by atoms with Gasteiger partial charge in [0.1, 0.15) is 0 Å². The van der Waals surface area contributed by atoms with E-state index < -0.39 is 5.91 Å². The molecule has 210 valence electrons. The number of anilines is 1. The van der Waals surface area contributed by atoms with Crippen LogP contribution in [0.1, 0.15) is 37.0 Å². The first-order valence-corrected chi connectivity index (χ1v) is 14.2. The maximum absolute atomic E-state index is 12.8. The highest BCUT2D eigenvalue weighted by Gasteiger charge is 2.13. The first-order valence-electron chi connectivity index (χ1n) is 13.0. The van der Waals surface area contributed by atoms with Gasteiger partial charge in [-0.15, -0.1) is 0 Å². The van der Waals surface area contributed by atoms with Crippen LogP contribution in [0, 0.1) is 0 Å². The molecule has 1 amide bonds. The molecule has 0 aliphatic heterocycles. The smallest absolute Gasteiger partial charge is 0.271 e. The Labute approximate surface area is 247 Å². The molecule has 5 N–H and O–H groups in total. The van der Waals surface area contributed by atoms with Crippen LogP contribution in [0.25, 0.3) is 27.7 Å². The van der Waals surface area contributed by atoms with Gasteiger partial charge in [0.2, 0.25) is 0 Å². The lowest BCUT2D eigenvalue weighted by molar-refractivity contribution is 0.0996. The third-order valence-corrected chi connectivity index (χ3v) is 7.42. The Morgan fingerprint density at radius 1 is 1.05 bits per heavy atom. The number of halogens is 1. The number of para-hydroxylation sites is 1. The molecule has 3 aromatic carbocycles. The Balaban J connectivity index is 0.000000189. The summed E-state index contributed by atoms with van der Waals surface area (Å²) in [7, 11) is 0. The van der Waals surface area contributed by atoms with Gasteiger partial charge in [-0.1, -0.05) is 61.0 Å². The highest BCUT2D eigenvalue weighted by molar-refractivity contribution is 7.97. The second-order valence-electron chi connectivity index (χ2n) is 9.43. The van der Waals surface area contributed by atoms with E-state index in [1.54, 1.807) is 10.6 Å². The molecule has 41 heavy (non-hydrogen) atoms. The highest BCUT2D eigenvalue weighted by Crippen LogP contribution is 2.25. The normalized spacial score (nSPS) is 10.9. The Kier molecular flexibility index (Phi) is 9.78. The maximum atomic E-state index is 12.8. The van der Waals surface area contributed by atoms with E-state index in [4.69, 9.17) is 23.1 Å². The minimum Gasteiger partial charge on any atom is -0.382 e. The Hall–Kier alpha value is -4.18.